The Morgan fingerprint density at radius 2 is 2.08 bits per heavy atom. The van der Waals surface area contributed by atoms with E-state index in [1.807, 2.05) is 0 Å². The molecular formula is C14H10F3N5O2S. The van der Waals surface area contributed by atoms with Gasteiger partial charge in [-0.2, -0.15) is 18.3 Å². The number of carbonyl (C=O) groups excluding carboxylic acids is 1. The summed E-state index contributed by atoms with van der Waals surface area (Å²) in [7, 11) is 0. The molecule has 3 aromatic rings. The second kappa shape index (κ2) is 6.59. The zero-order valence-corrected chi connectivity index (χ0v) is 13.2. The van der Waals surface area contributed by atoms with Gasteiger partial charge in [0.2, 0.25) is 5.91 Å². The summed E-state index contributed by atoms with van der Waals surface area (Å²) in [6, 6.07) is 6.39. The quantitative estimate of drug-likeness (QED) is 0.736. The Hall–Kier alpha value is -2.82. The van der Waals surface area contributed by atoms with Crippen LogP contribution in [0.15, 0.2) is 41.6 Å². The maximum atomic E-state index is 12.2. The molecule has 0 radical (unpaired) electrons. The highest BCUT2D eigenvalue weighted by Crippen LogP contribution is 2.30. The van der Waals surface area contributed by atoms with Crippen LogP contribution in [0.5, 0.6) is 0 Å². The lowest BCUT2D eigenvalue weighted by Gasteiger charge is -2.12. The van der Waals surface area contributed by atoms with Crippen LogP contribution in [-0.4, -0.2) is 36.9 Å². The highest BCUT2D eigenvalue weighted by molar-refractivity contribution is 8.00. The maximum Gasteiger partial charge on any atom is 0.442 e. The summed E-state index contributed by atoms with van der Waals surface area (Å²) in [4.78, 5) is 30.0. The van der Waals surface area contributed by atoms with Gasteiger partial charge in [-0.05, 0) is 23.9 Å². The number of hydrogen-bond donors (Lipinski definition) is 2. The normalized spacial score (nSPS) is 11.6. The van der Waals surface area contributed by atoms with E-state index in [9.17, 15) is 22.8 Å². The zero-order valence-electron chi connectivity index (χ0n) is 12.4. The van der Waals surface area contributed by atoms with Gasteiger partial charge < -0.3 is 10.3 Å². The number of anilines is 1. The van der Waals surface area contributed by atoms with Crippen LogP contribution in [0, 0.1) is 0 Å². The minimum Gasteiger partial charge on any atom is -0.323 e. The van der Waals surface area contributed by atoms with Gasteiger partial charge in [-0.15, -0.1) is 0 Å². The molecule has 2 N–H and O–H groups in total. The number of halogens is 3. The van der Waals surface area contributed by atoms with Crippen molar-refractivity contribution in [3.8, 4) is 5.69 Å². The number of para-hydroxylation sites is 2. The molecule has 1 aromatic carbocycles. The molecule has 2 heterocycles. The van der Waals surface area contributed by atoms with Gasteiger partial charge in [0, 0.05) is 0 Å². The summed E-state index contributed by atoms with van der Waals surface area (Å²) >= 11 is -0.423. The van der Waals surface area contributed by atoms with Crippen LogP contribution in [0.25, 0.3) is 16.7 Å². The Labute approximate surface area is 142 Å². The first-order valence-corrected chi connectivity index (χ1v) is 7.85. The Morgan fingerprint density at radius 1 is 1.32 bits per heavy atom. The SMILES string of the molecule is O=C(CSC(F)(F)F)Nc1ccccc1-n1ncc2c(=O)[nH]cnc21. The first-order valence-electron chi connectivity index (χ1n) is 6.86. The molecule has 0 spiro atoms. The van der Waals surface area contributed by atoms with Crippen LogP contribution in [-0.2, 0) is 4.79 Å². The Balaban J connectivity index is 1.92. The topological polar surface area (TPSA) is 92.7 Å². The van der Waals surface area contributed by atoms with E-state index in [2.05, 4.69) is 20.4 Å². The molecule has 0 aliphatic carbocycles. The van der Waals surface area contributed by atoms with E-state index in [0.29, 0.717) is 5.69 Å². The molecule has 0 saturated heterocycles. The molecule has 130 valence electrons. The number of amides is 1. The Morgan fingerprint density at radius 3 is 2.84 bits per heavy atom. The standard InChI is InChI=1S/C14H10F3N5O2S/c15-14(16,17)25-6-11(23)21-9-3-1-2-4-10(9)22-12-8(5-20-22)13(24)19-7-18-12/h1-5,7H,6H2,(H,21,23)(H,18,19,24). The minimum atomic E-state index is -4.49. The molecule has 0 aliphatic rings. The number of H-pyrrole nitrogens is 1. The van der Waals surface area contributed by atoms with Gasteiger partial charge in [-0.1, -0.05) is 12.1 Å². The molecular weight excluding hydrogens is 359 g/mol. The van der Waals surface area contributed by atoms with Crippen molar-refractivity contribution < 1.29 is 18.0 Å². The zero-order chi connectivity index (χ0) is 18.0. The van der Waals surface area contributed by atoms with Gasteiger partial charge in [0.15, 0.2) is 5.65 Å². The van der Waals surface area contributed by atoms with Crippen molar-refractivity contribution in [3.63, 3.8) is 0 Å². The Bertz CT molecular complexity index is 982. The largest absolute Gasteiger partial charge is 0.442 e. The number of hydrogen-bond acceptors (Lipinski definition) is 5. The second-order valence-corrected chi connectivity index (χ2v) is 5.87. The van der Waals surface area contributed by atoms with Gasteiger partial charge in [0.05, 0.1) is 29.7 Å². The maximum absolute atomic E-state index is 12.2. The van der Waals surface area contributed by atoms with E-state index in [1.165, 1.54) is 23.3 Å². The first-order chi connectivity index (χ1) is 11.8. The van der Waals surface area contributed by atoms with Crippen molar-refractivity contribution in [3.05, 3.63) is 47.1 Å². The number of fused-ring (bicyclic) bond motifs is 1. The lowest BCUT2D eigenvalue weighted by atomic mass is 10.2. The van der Waals surface area contributed by atoms with Crippen LogP contribution in [0.2, 0.25) is 0 Å². The van der Waals surface area contributed by atoms with Crippen LogP contribution >= 0.6 is 11.8 Å². The molecule has 0 saturated carbocycles. The van der Waals surface area contributed by atoms with E-state index < -0.39 is 28.9 Å². The van der Waals surface area contributed by atoms with Crippen molar-refractivity contribution in [2.45, 2.75) is 5.51 Å². The van der Waals surface area contributed by atoms with Crippen molar-refractivity contribution in [2.24, 2.45) is 0 Å². The van der Waals surface area contributed by atoms with Crippen LogP contribution in [0.4, 0.5) is 18.9 Å². The number of rotatable bonds is 4. The molecule has 0 fully saturated rings. The number of carbonyl (C=O) groups is 1. The summed E-state index contributed by atoms with van der Waals surface area (Å²) < 4.78 is 37.9. The third-order valence-corrected chi connectivity index (χ3v) is 3.88. The van der Waals surface area contributed by atoms with Gasteiger partial charge in [0.1, 0.15) is 5.39 Å². The fourth-order valence-corrected chi connectivity index (χ4v) is 2.50. The molecule has 3 rings (SSSR count). The van der Waals surface area contributed by atoms with Crippen molar-refractivity contribution in [1.29, 1.82) is 0 Å². The number of nitrogens with zero attached hydrogens (tertiary/aromatic N) is 3. The van der Waals surface area contributed by atoms with Crippen LogP contribution < -0.4 is 10.9 Å². The number of nitrogens with one attached hydrogen (secondary N) is 2. The molecule has 1 amide bonds. The minimum absolute atomic E-state index is 0.247. The number of benzene rings is 1. The molecule has 0 aliphatic heterocycles. The van der Waals surface area contributed by atoms with Gasteiger partial charge in [-0.3, -0.25) is 9.59 Å². The van der Waals surface area contributed by atoms with Gasteiger partial charge in [0.25, 0.3) is 5.56 Å². The third-order valence-electron chi connectivity index (χ3n) is 3.14. The molecule has 2 aromatic heterocycles. The summed E-state index contributed by atoms with van der Waals surface area (Å²) in [6.45, 7) is 0. The van der Waals surface area contributed by atoms with Gasteiger partial charge in [-0.25, -0.2) is 9.67 Å². The summed E-state index contributed by atoms with van der Waals surface area (Å²) in [5, 5.41) is 6.74. The molecule has 7 nitrogen and oxygen atoms in total. The Kier molecular flexibility index (Phi) is 4.49. The number of thioether (sulfide) groups is 1. The van der Waals surface area contributed by atoms with Gasteiger partial charge >= 0.3 is 5.51 Å². The van der Waals surface area contributed by atoms with Crippen molar-refractivity contribution in [2.75, 3.05) is 11.1 Å². The average molecular weight is 369 g/mol. The molecule has 0 bridgehead atoms. The molecule has 25 heavy (non-hydrogen) atoms. The predicted octanol–water partition coefficient (Wildman–Crippen LogP) is 2.30. The monoisotopic (exact) mass is 369 g/mol. The van der Waals surface area contributed by atoms with E-state index in [-0.39, 0.29) is 22.3 Å². The van der Waals surface area contributed by atoms with Crippen molar-refractivity contribution >= 4 is 34.4 Å². The third kappa shape index (κ3) is 3.82. The van der Waals surface area contributed by atoms with Crippen LogP contribution in [0.1, 0.15) is 0 Å². The fourth-order valence-electron chi connectivity index (χ4n) is 2.13. The predicted molar refractivity (Wildman–Crippen MR) is 86.6 cm³/mol. The van der Waals surface area contributed by atoms with E-state index >= 15 is 0 Å². The fraction of sp³-hybridized carbons (Fsp3) is 0.143. The molecule has 11 heteroatoms. The van der Waals surface area contributed by atoms with E-state index in [4.69, 9.17) is 0 Å². The molecule has 0 unspecified atom stereocenters. The first kappa shape index (κ1) is 17.0. The second-order valence-electron chi connectivity index (χ2n) is 4.83. The van der Waals surface area contributed by atoms with Crippen LogP contribution in [0.3, 0.4) is 0 Å². The number of alkyl halides is 3. The highest BCUT2D eigenvalue weighted by Gasteiger charge is 2.29. The lowest BCUT2D eigenvalue weighted by molar-refractivity contribution is -0.114. The van der Waals surface area contributed by atoms with E-state index in [1.54, 1.807) is 18.2 Å². The molecule has 0 atom stereocenters. The smallest absolute Gasteiger partial charge is 0.323 e. The van der Waals surface area contributed by atoms with Crippen molar-refractivity contribution in [1.82, 2.24) is 19.7 Å². The summed E-state index contributed by atoms with van der Waals surface area (Å²) in [6.07, 6.45) is 2.53. The summed E-state index contributed by atoms with van der Waals surface area (Å²) in [5.74, 6) is -1.58. The number of aromatic nitrogens is 4. The van der Waals surface area contributed by atoms with E-state index in [0.717, 1.165) is 0 Å². The lowest BCUT2D eigenvalue weighted by Crippen LogP contribution is -2.18. The average Bonchev–Trinajstić information content (AvgIpc) is 2.98. The summed E-state index contributed by atoms with van der Waals surface area (Å²) in [5.41, 5.74) is -3.97. The number of aromatic amines is 1. The highest BCUT2D eigenvalue weighted by atomic mass is 32.2.